The molecule has 76 valence electrons. The Morgan fingerprint density at radius 3 is 3.00 bits per heavy atom. The van der Waals surface area contributed by atoms with Gasteiger partial charge in [-0.15, -0.1) is 6.58 Å². The number of allylic oxidation sites excluding steroid dienone is 1. The second-order valence-electron chi connectivity index (χ2n) is 4.31. The Labute approximate surface area is 81.2 Å². The lowest BCUT2D eigenvalue weighted by molar-refractivity contribution is -0.0155. The minimum absolute atomic E-state index is 0.452. The average Bonchev–Trinajstić information content (AvgIpc) is 2.03. The van der Waals surface area contributed by atoms with Gasteiger partial charge in [0.1, 0.15) is 0 Å². The highest BCUT2D eigenvalue weighted by Crippen LogP contribution is 2.20. The lowest BCUT2D eigenvalue weighted by Gasteiger charge is -2.36. The van der Waals surface area contributed by atoms with Crippen LogP contribution in [0.1, 0.15) is 32.6 Å². The smallest absolute Gasteiger partial charge is 0.0746 e. The summed E-state index contributed by atoms with van der Waals surface area (Å²) in [5.74, 6) is 0. The highest BCUT2D eigenvalue weighted by molar-refractivity contribution is 4.83. The highest BCUT2D eigenvalue weighted by Gasteiger charge is 2.27. The van der Waals surface area contributed by atoms with Gasteiger partial charge in [-0.2, -0.15) is 0 Å². The van der Waals surface area contributed by atoms with Crippen LogP contribution in [-0.4, -0.2) is 35.2 Å². The van der Waals surface area contributed by atoms with E-state index in [1.165, 1.54) is 6.42 Å². The fourth-order valence-corrected chi connectivity index (χ4v) is 1.97. The van der Waals surface area contributed by atoms with Crippen molar-refractivity contribution in [3.63, 3.8) is 0 Å². The van der Waals surface area contributed by atoms with E-state index in [-0.39, 0.29) is 0 Å². The maximum atomic E-state index is 9.84. The van der Waals surface area contributed by atoms with Gasteiger partial charge in [0.2, 0.25) is 0 Å². The van der Waals surface area contributed by atoms with E-state index < -0.39 is 5.60 Å². The van der Waals surface area contributed by atoms with Gasteiger partial charge < -0.3 is 10.0 Å². The van der Waals surface area contributed by atoms with Crippen LogP contribution in [0.3, 0.4) is 0 Å². The van der Waals surface area contributed by atoms with Crippen LogP contribution in [0.2, 0.25) is 0 Å². The van der Waals surface area contributed by atoms with Crippen molar-refractivity contribution >= 4 is 0 Å². The summed E-state index contributed by atoms with van der Waals surface area (Å²) in [5, 5.41) is 9.84. The molecule has 2 nitrogen and oxygen atoms in total. The predicted molar refractivity (Wildman–Crippen MR) is 55.7 cm³/mol. The SMILES string of the molecule is C=CCCCN1CCCC(C)(O)C1. The first-order valence-corrected chi connectivity index (χ1v) is 5.20. The molecular formula is C11H21NO. The van der Waals surface area contributed by atoms with Crippen LogP contribution < -0.4 is 0 Å². The molecule has 1 rings (SSSR count). The Balaban J connectivity index is 2.22. The molecule has 0 amide bonds. The zero-order valence-corrected chi connectivity index (χ0v) is 8.63. The van der Waals surface area contributed by atoms with Crippen LogP contribution >= 0.6 is 0 Å². The van der Waals surface area contributed by atoms with E-state index in [0.717, 1.165) is 38.9 Å². The second kappa shape index (κ2) is 4.77. The van der Waals surface area contributed by atoms with Gasteiger partial charge in [-0.25, -0.2) is 0 Å². The number of piperidine rings is 1. The maximum Gasteiger partial charge on any atom is 0.0746 e. The summed E-state index contributed by atoms with van der Waals surface area (Å²) in [6.07, 6.45) is 6.28. The highest BCUT2D eigenvalue weighted by atomic mass is 16.3. The Morgan fingerprint density at radius 2 is 2.38 bits per heavy atom. The van der Waals surface area contributed by atoms with E-state index in [1.54, 1.807) is 0 Å². The largest absolute Gasteiger partial charge is 0.389 e. The summed E-state index contributed by atoms with van der Waals surface area (Å²) in [6.45, 7) is 8.72. The van der Waals surface area contributed by atoms with Gasteiger partial charge in [0.15, 0.2) is 0 Å². The minimum atomic E-state index is -0.452. The number of β-amino-alcohol motifs (C(OH)–C–C–N with tert-alkyl or cyclic N) is 1. The quantitative estimate of drug-likeness (QED) is 0.530. The van der Waals surface area contributed by atoms with Crippen molar-refractivity contribution in [1.82, 2.24) is 4.90 Å². The van der Waals surface area contributed by atoms with E-state index in [4.69, 9.17) is 0 Å². The molecular weight excluding hydrogens is 162 g/mol. The number of nitrogens with zero attached hydrogens (tertiary/aromatic N) is 1. The number of rotatable bonds is 4. The van der Waals surface area contributed by atoms with Gasteiger partial charge in [-0.1, -0.05) is 6.08 Å². The fraction of sp³-hybridized carbons (Fsp3) is 0.818. The summed E-state index contributed by atoms with van der Waals surface area (Å²) in [7, 11) is 0. The molecule has 1 aliphatic heterocycles. The lowest BCUT2D eigenvalue weighted by Crippen LogP contribution is -2.46. The number of hydrogen-bond donors (Lipinski definition) is 1. The van der Waals surface area contributed by atoms with Gasteiger partial charge in [0.25, 0.3) is 0 Å². The predicted octanol–water partition coefficient (Wildman–Crippen LogP) is 1.80. The molecule has 1 N–H and O–H groups in total. The molecule has 1 aliphatic rings. The molecule has 1 fully saturated rings. The number of unbranched alkanes of at least 4 members (excludes halogenated alkanes) is 1. The van der Waals surface area contributed by atoms with Crippen LogP contribution in [0.4, 0.5) is 0 Å². The topological polar surface area (TPSA) is 23.5 Å². The molecule has 0 bridgehead atoms. The van der Waals surface area contributed by atoms with E-state index in [1.807, 2.05) is 13.0 Å². The van der Waals surface area contributed by atoms with E-state index in [0.29, 0.717) is 0 Å². The normalized spacial score (nSPS) is 30.3. The van der Waals surface area contributed by atoms with Gasteiger partial charge in [-0.05, 0) is 45.7 Å². The molecule has 1 unspecified atom stereocenters. The van der Waals surface area contributed by atoms with Crippen molar-refractivity contribution in [1.29, 1.82) is 0 Å². The van der Waals surface area contributed by atoms with Gasteiger partial charge in [-0.3, -0.25) is 0 Å². The Kier molecular flexibility index (Phi) is 3.94. The fourth-order valence-electron chi connectivity index (χ4n) is 1.97. The Hall–Kier alpha value is -0.340. The first kappa shape index (κ1) is 10.7. The van der Waals surface area contributed by atoms with E-state index in [2.05, 4.69) is 11.5 Å². The van der Waals surface area contributed by atoms with Crippen molar-refractivity contribution < 1.29 is 5.11 Å². The second-order valence-corrected chi connectivity index (χ2v) is 4.31. The van der Waals surface area contributed by atoms with Crippen LogP contribution in [0.25, 0.3) is 0 Å². The number of likely N-dealkylation sites (tertiary alicyclic amines) is 1. The van der Waals surface area contributed by atoms with Crippen LogP contribution in [0.5, 0.6) is 0 Å². The molecule has 0 aromatic rings. The van der Waals surface area contributed by atoms with E-state index in [9.17, 15) is 5.11 Å². The molecule has 0 aromatic heterocycles. The molecule has 2 heteroatoms. The van der Waals surface area contributed by atoms with Gasteiger partial charge in [0.05, 0.1) is 5.60 Å². The number of aliphatic hydroxyl groups is 1. The first-order chi connectivity index (χ1) is 6.14. The van der Waals surface area contributed by atoms with E-state index >= 15 is 0 Å². The summed E-state index contributed by atoms with van der Waals surface area (Å²) >= 11 is 0. The molecule has 1 saturated heterocycles. The molecule has 13 heavy (non-hydrogen) atoms. The molecule has 0 radical (unpaired) electrons. The summed E-state index contributed by atoms with van der Waals surface area (Å²) in [5.41, 5.74) is -0.452. The van der Waals surface area contributed by atoms with Gasteiger partial charge >= 0.3 is 0 Å². The molecule has 1 heterocycles. The zero-order valence-electron chi connectivity index (χ0n) is 8.63. The Bertz CT molecular complexity index is 165. The first-order valence-electron chi connectivity index (χ1n) is 5.20. The summed E-state index contributed by atoms with van der Waals surface area (Å²) < 4.78 is 0. The number of hydrogen-bond acceptors (Lipinski definition) is 2. The standard InChI is InChI=1S/C11H21NO/c1-3-4-5-8-12-9-6-7-11(2,13)10-12/h3,13H,1,4-10H2,2H3. The molecule has 1 atom stereocenters. The minimum Gasteiger partial charge on any atom is -0.389 e. The van der Waals surface area contributed by atoms with Crippen molar-refractivity contribution in [2.45, 2.75) is 38.2 Å². The van der Waals surface area contributed by atoms with Crippen molar-refractivity contribution in [3.8, 4) is 0 Å². The van der Waals surface area contributed by atoms with Crippen LogP contribution in [-0.2, 0) is 0 Å². The van der Waals surface area contributed by atoms with Crippen molar-refractivity contribution in [2.75, 3.05) is 19.6 Å². The maximum absolute atomic E-state index is 9.84. The Morgan fingerprint density at radius 1 is 1.62 bits per heavy atom. The third-order valence-electron chi connectivity index (χ3n) is 2.64. The van der Waals surface area contributed by atoms with Crippen molar-refractivity contribution in [2.24, 2.45) is 0 Å². The van der Waals surface area contributed by atoms with Crippen LogP contribution in [0.15, 0.2) is 12.7 Å². The molecule has 0 aromatic carbocycles. The third-order valence-corrected chi connectivity index (χ3v) is 2.64. The third kappa shape index (κ3) is 3.92. The van der Waals surface area contributed by atoms with Crippen LogP contribution in [0, 0.1) is 0 Å². The summed E-state index contributed by atoms with van der Waals surface area (Å²) in [4.78, 5) is 2.35. The summed E-state index contributed by atoms with van der Waals surface area (Å²) in [6, 6.07) is 0. The molecule has 0 aliphatic carbocycles. The zero-order chi connectivity index (χ0) is 9.73. The van der Waals surface area contributed by atoms with Gasteiger partial charge in [0, 0.05) is 6.54 Å². The monoisotopic (exact) mass is 183 g/mol. The lowest BCUT2D eigenvalue weighted by atomic mass is 9.95. The molecule has 0 saturated carbocycles. The molecule has 0 spiro atoms. The van der Waals surface area contributed by atoms with Crippen molar-refractivity contribution in [3.05, 3.63) is 12.7 Å². The average molecular weight is 183 g/mol.